The lowest BCUT2D eigenvalue weighted by Gasteiger charge is -2.13. The van der Waals surface area contributed by atoms with Crippen molar-refractivity contribution in [2.45, 2.75) is 39.0 Å². The third-order valence-electron chi connectivity index (χ3n) is 3.13. The molecule has 0 radical (unpaired) electrons. The van der Waals surface area contributed by atoms with E-state index in [2.05, 4.69) is 0 Å². The zero-order valence-corrected chi connectivity index (χ0v) is 9.14. The third-order valence-corrected chi connectivity index (χ3v) is 3.13. The van der Waals surface area contributed by atoms with Crippen molar-refractivity contribution in [2.75, 3.05) is 0 Å². The molecule has 0 N–H and O–H groups in total. The molecule has 1 aromatic carbocycles. The molecule has 1 aliphatic rings. The molecule has 1 atom stereocenters. The lowest BCUT2D eigenvalue weighted by molar-refractivity contribution is -0.118. The SMILES string of the molecule is Cc1cc(C)c(C2CCCC2=O)c(F)c1. The van der Waals surface area contributed by atoms with Gasteiger partial charge < -0.3 is 0 Å². The van der Waals surface area contributed by atoms with Crippen LogP contribution in [0.5, 0.6) is 0 Å². The number of rotatable bonds is 1. The normalized spacial score (nSPS) is 21.0. The second-order valence-electron chi connectivity index (χ2n) is 4.39. The molecule has 2 heteroatoms. The Bertz CT molecular complexity index is 386. The minimum Gasteiger partial charge on any atom is -0.299 e. The molecule has 1 unspecified atom stereocenters. The van der Waals surface area contributed by atoms with Gasteiger partial charge in [0, 0.05) is 17.9 Å². The fraction of sp³-hybridized carbons (Fsp3) is 0.462. The molecule has 80 valence electrons. The van der Waals surface area contributed by atoms with Crippen molar-refractivity contribution in [3.63, 3.8) is 0 Å². The number of hydrogen-bond donors (Lipinski definition) is 0. The molecule has 0 amide bonds. The minimum atomic E-state index is -0.215. The van der Waals surface area contributed by atoms with Crippen LogP contribution in [0.3, 0.4) is 0 Å². The fourth-order valence-corrected chi connectivity index (χ4v) is 2.49. The number of aryl methyl sites for hydroxylation is 2. The highest BCUT2D eigenvalue weighted by molar-refractivity contribution is 5.88. The predicted molar refractivity (Wildman–Crippen MR) is 57.5 cm³/mol. The number of hydrogen-bond acceptors (Lipinski definition) is 1. The van der Waals surface area contributed by atoms with E-state index >= 15 is 0 Å². The first-order valence-electron chi connectivity index (χ1n) is 5.39. The maximum absolute atomic E-state index is 13.8. The van der Waals surface area contributed by atoms with Crippen molar-refractivity contribution in [3.05, 3.63) is 34.6 Å². The molecule has 1 nitrogen and oxygen atoms in total. The van der Waals surface area contributed by atoms with Gasteiger partial charge in [-0.3, -0.25) is 4.79 Å². The summed E-state index contributed by atoms with van der Waals surface area (Å²) in [5.74, 6) is -0.209. The lowest BCUT2D eigenvalue weighted by Crippen LogP contribution is -2.09. The predicted octanol–water partition coefficient (Wildman–Crippen LogP) is 3.28. The summed E-state index contributed by atoms with van der Waals surface area (Å²) in [5, 5.41) is 0. The average Bonchev–Trinajstić information content (AvgIpc) is 2.50. The highest BCUT2D eigenvalue weighted by atomic mass is 19.1. The Hall–Kier alpha value is -1.18. The van der Waals surface area contributed by atoms with Gasteiger partial charge in [-0.1, -0.05) is 6.07 Å². The van der Waals surface area contributed by atoms with Gasteiger partial charge >= 0.3 is 0 Å². The van der Waals surface area contributed by atoms with E-state index < -0.39 is 0 Å². The molecule has 0 aromatic heterocycles. The van der Waals surface area contributed by atoms with Crippen LogP contribution in [0.4, 0.5) is 4.39 Å². The fourth-order valence-electron chi connectivity index (χ4n) is 2.49. The minimum absolute atomic E-state index is 0.189. The van der Waals surface area contributed by atoms with E-state index in [9.17, 15) is 9.18 Å². The Labute approximate surface area is 89.3 Å². The van der Waals surface area contributed by atoms with E-state index in [-0.39, 0.29) is 17.5 Å². The van der Waals surface area contributed by atoms with E-state index in [1.54, 1.807) is 0 Å². The Morgan fingerprint density at radius 3 is 2.60 bits per heavy atom. The van der Waals surface area contributed by atoms with Crippen LogP contribution in [0.25, 0.3) is 0 Å². The van der Waals surface area contributed by atoms with Crippen molar-refractivity contribution in [3.8, 4) is 0 Å². The van der Waals surface area contributed by atoms with Gasteiger partial charge in [0.2, 0.25) is 0 Å². The number of halogens is 1. The first kappa shape index (κ1) is 10.3. The molecule has 0 saturated heterocycles. The topological polar surface area (TPSA) is 17.1 Å². The van der Waals surface area contributed by atoms with E-state index in [1.165, 1.54) is 6.07 Å². The molecule has 1 saturated carbocycles. The van der Waals surface area contributed by atoms with Crippen molar-refractivity contribution in [1.29, 1.82) is 0 Å². The Kier molecular flexibility index (Phi) is 2.59. The maximum atomic E-state index is 13.8. The third kappa shape index (κ3) is 1.81. The molecule has 0 aliphatic heterocycles. The number of ketones is 1. The quantitative estimate of drug-likeness (QED) is 0.689. The van der Waals surface area contributed by atoms with Gasteiger partial charge in [0.1, 0.15) is 11.6 Å². The molecule has 15 heavy (non-hydrogen) atoms. The van der Waals surface area contributed by atoms with Crippen molar-refractivity contribution in [1.82, 2.24) is 0 Å². The molecular weight excluding hydrogens is 191 g/mol. The van der Waals surface area contributed by atoms with Crippen LogP contribution in [0.1, 0.15) is 41.9 Å². The average molecular weight is 206 g/mol. The first-order chi connectivity index (χ1) is 7.09. The Balaban J connectivity index is 2.47. The molecule has 1 aliphatic carbocycles. The highest BCUT2D eigenvalue weighted by Crippen LogP contribution is 2.34. The zero-order chi connectivity index (χ0) is 11.0. The Morgan fingerprint density at radius 1 is 1.33 bits per heavy atom. The summed E-state index contributed by atoms with van der Waals surface area (Å²) in [6.07, 6.45) is 2.31. The molecule has 0 heterocycles. The summed E-state index contributed by atoms with van der Waals surface area (Å²) in [4.78, 5) is 11.6. The highest BCUT2D eigenvalue weighted by Gasteiger charge is 2.29. The molecule has 2 rings (SSSR count). The second-order valence-corrected chi connectivity index (χ2v) is 4.39. The molecule has 1 fully saturated rings. The van der Waals surface area contributed by atoms with E-state index in [1.807, 2.05) is 19.9 Å². The standard InChI is InChI=1S/C13H15FO/c1-8-6-9(2)13(11(14)7-8)10-4-3-5-12(10)15/h6-7,10H,3-5H2,1-2H3. The van der Waals surface area contributed by atoms with Gasteiger partial charge in [-0.2, -0.15) is 0 Å². The summed E-state index contributed by atoms with van der Waals surface area (Å²) in [6.45, 7) is 3.76. The van der Waals surface area contributed by atoms with E-state index in [0.29, 0.717) is 12.0 Å². The summed E-state index contributed by atoms with van der Waals surface area (Å²) in [7, 11) is 0. The van der Waals surface area contributed by atoms with Crippen LogP contribution < -0.4 is 0 Å². The summed E-state index contributed by atoms with van der Waals surface area (Å²) < 4.78 is 13.8. The van der Waals surface area contributed by atoms with Gasteiger partial charge in [0.15, 0.2) is 0 Å². The van der Waals surface area contributed by atoms with Crippen LogP contribution in [0.15, 0.2) is 12.1 Å². The number of Topliss-reactive ketones (excluding diaryl/α,β-unsaturated/α-hetero) is 1. The molecule has 0 bridgehead atoms. The molecular formula is C13H15FO. The largest absolute Gasteiger partial charge is 0.299 e. The Morgan fingerprint density at radius 2 is 2.07 bits per heavy atom. The van der Waals surface area contributed by atoms with Gasteiger partial charge in [0.05, 0.1) is 0 Å². The lowest BCUT2D eigenvalue weighted by atomic mass is 9.91. The van der Waals surface area contributed by atoms with Crippen LogP contribution in [-0.4, -0.2) is 5.78 Å². The second kappa shape index (κ2) is 3.76. The van der Waals surface area contributed by atoms with Gasteiger partial charge in [-0.15, -0.1) is 0 Å². The number of carbonyl (C=O) groups is 1. The van der Waals surface area contributed by atoms with Crippen LogP contribution >= 0.6 is 0 Å². The maximum Gasteiger partial charge on any atom is 0.140 e. The van der Waals surface area contributed by atoms with Crippen molar-refractivity contribution in [2.24, 2.45) is 0 Å². The smallest absolute Gasteiger partial charge is 0.140 e. The molecule has 1 aromatic rings. The summed E-state index contributed by atoms with van der Waals surface area (Å²) in [6, 6.07) is 3.47. The van der Waals surface area contributed by atoms with E-state index in [4.69, 9.17) is 0 Å². The van der Waals surface area contributed by atoms with E-state index in [0.717, 1.165) is 24.0 Å². The summed E-state index contributed by atoms with van der Waals surface area (Å²) in [5.41, 5.74) is 2.45. The van der Waals surface area contributed by atoms with Crippen LogP contribution in [-0.2, 0) is 4.79 Å². The van der Waals surface area contributed by atoms with Crippen LogP contribution in [0, 0.1) is 19.7 Å². The summed E-state index contributed by atoms with van der Waals surface area (Å²) >= 11 is 0. The zero-order valence-electron chi connectivity index (χ0n) is 9.14. The molecule has 0 spiro atoms. The monoisotopic (exact) mass is 206 g/mol. The van der Waals surface area contributed by atoms with Gasteiger partial charge in [-0.25, -0.2) is 4.39 Å². The van der Waals surface area contributed by atoms with Gasteiger partial charge in [0.25, 0.3) is 0 Å². The van der Waals surface area contributed by atoms with Crippen LogP contribution in [0.2, 0.25) is 0 Å². The number of carbonyl (C=O) groups excluding carboxylic acids is 1. The van der Waals surface area contributed by atoms with Gasteiger partial charge in [-0.05, 0) is 43.9 Å². The van der Waals surface area contributed by atoms with Crippen molar-refractivity contribution >= 4 is 5.78 Å². The number of benzene rings is 1. The van der Waals surface area contributed by atoms with Crippen molar-refractivity contribution < 1.29 is 9.18 Å². The first-order valence-corrected chi connectivity index (χ1v) is 5.39.